The first-order valence-corrected chi connectivity index (χ1v) is 6.29. The van der Waals surface area contributed by atoms with Gasteiger partial charge in [0.2, 0.25) is 5.91 Å². The van der Waals surface area contributed by atoms with Crippen LogP contribution in [0, 0.1) is 0 Å². The molecule has 0 aromatic carbocycles. The lowest BCUT2D eigenvalue weighted by molar-refractivity contribution is -0.127. The molecule has 1 aliphatic carbocycles. The molecule has 0 fully saturated rings. The molecule has 17 heavy (non-hydrogen) atoms. The Bertz CT molecular complexity index is 491. The quantitative estimate of drug-likeness (QED) is 0.812. The molecule has 90 valence electrons. The number of hydrogen-bond donors (Lipinski definition) is 0. The molecule has 1 aromatic heterocycles. The Morgan fingerprint density at radius 3 is 3.00 bits per heavy atom. The second-order valence-corrected chi connectivity index (χ2v) is 5.25. The van der Waals surface area contributed by atoms with E-state index in [1.165, 1.54) is 0 Å². The summed E-state index contributed by atoms with van der Waals surface area (Å²) in [5, 5.41) is 0.988. The van der Waals surface area contributed by atoms with Crippen molar-refractivity contribution < 1.29 is 9.59 Å². The Morgan fingerprint density at radius 1 is 1.53 bits per heavy atom. The third-order valence-corrected chi connectivity index (χ3v) is 3.86. The minimum absolute atomic E-state index is 0.0568. The smallest absolute Gasteiger partial charge is 0.219 e. The number of carbonyl (C=O) groups is 2. The number of fused-ring (bicyclic) bond motifs is 1. The van der Waals surface area contributed by atoms with Crippen molar-refractivity contribution in [3.8, 4) is 0 Å². The van der Waals surface area contributed by atoms with E-state index in [-0.39, 0.29) is 11.7 Å². The number of amides is 1. The zero-order chi connectivity index (χ0) is 12.4. The van der Waals surface area contributed by atoms with Gasteiger partial charge in [0.25, 0.3) is 0 Å². The van der Waals surface area contributed by atoms with Crippen molar-refractivity contribution in [1.29, 1.82) is 0 Å². The van der Waals surface area contributed by atoms with Crippen LogP contribution >= 0.6 is 11.3 Å². The topological polar surface area (TPSA) is 50.3 Å². The molecule has 1 amide bonds. The zero-order valence-corrected chi connectivity index (χ0v) is 10.7. The molecule has 0 unspecified atom stereocenters. The number of hydrogen-bond acceptors (Lipinski definition) is 4. The van der Waals surface area contributed by atoms with E-state index in [0.29, 0.717) is 13.0 Å². The molecule has 1 heterocycles. The summed E-state index contributed by atoms with van der Waals surface area (Å²) in [6.07, 6.45) is 4.56. The highest BCUT2D eigenvalue weighted by molar-refractivity contribution is 7.12. The van der Waals surface area contributed by atoms with Crippen LogP contribution in [0.5, 0.6) is 0 Å². The van der Waals surface area contributed by atoms with Crippen LogP contribution in [0.4, 0.5) is 0 Å². The lowest BCUT2D eigenvalue weighted by Crippen LogP contribution is -2.26. The van der Waals surface area contributed by atoms with E-state index < -0.39 is 0 Å². The maximum Gasteiger partial charge on any atom is 0.219 e. The van der Waals surface area contributed by atoms with Gasteiger partial charge >= 0.3 is 0 Å². The summed E-state index contributed by atoms with van der Waals surface area (Å²) in [4.78, 5) is 29.5. The van der Waals surface area contributed by atoms with Crippen LogP contribution in [-0.2, 0) is 22.4 Å². The molecule has 0 saturated heterocycles. The van der Waals surface area contributed by atoms with Crippen LogP contribution in [0.2, 0.25) is 0 Å². The molecular formula is C12H14N2O2S. The molecule has 0 aliphatic heterocycles. The van der Waals surface area contributed by atoms with Crippen LogP contribution in [0.1, 0.15) is 22.5 Å². The van der Waals surface area contributed by atoms with Gasteiger partial charge in [0, 0.05) is 38.2 Å². The van der Waals surface area contributed by atoms with Gasteiger partial charge in [-0.05, 0) is 12.2 Å². The molecule has 0 saturated carbocycles. The van der Waals surface area contributed by atoms with Crippen molar-refractivity contribution in [2.24, 2.45) is 0 Å². The van der Waals surface area contributed by atoms with E-state index in [4.69, 9.17) is 0 Å². The van der Waals surface area contributed by atoms with Gasteiger partial charge in [0.1, 0.15) is 0 Å². The molecule has 0 radical (unpaired) electrons. The van der Waals surface area contributed by atoms with Crippen molar-refractivity contribution >= 4 is 29.1 Å². The zero-order valence-electron chi connectivity index (χ0n) is 9.90. The normalized spacial score (nSPS) is 13.6. The van der Waals surface area contributed by atoms with Crippen molar-refractivity contribution in [2.45, 2.75) is 19.8 Å². The molecule has 1 aliphatic rings. The fourth-order valence-corrected chi connectivity index (χ4v) is 2.64. The first-order chi connectivity index (χ1) is 8.06. The van der Waals surface area contributed by atoms with Gasteiger partial charge in [-0.3, -0.25) is 9.59 Å². The highest BCUT2D eigenvalue weighted by Gasteiger charge is 2.16. The van der Waals surface area contributed by atoms with E-state index in [0.717, 1.165) is 22.0 Å². The Hall–Kier alpha value is -1.49. The second-order valence-electron chi connectivity index (χ2n) is 4.08. The fraction of sp³-hybridized carbons (Fsp3) is 0.417. The van der Waals surface area contributed by atoms with Crippen LogP contribution in [-0.4, -0.2) is 35.2 Å². The average Bonchev–Trinajstić information content (AvgIpc) is 2.67. The largest absolute Gasteiger partial charge is 0.346 e. The molecule has 0 spiro atoms. The Morgan fingerprint density at radius 2 is 2.29 bits per heavy atom. The third kappa shape index (κ3) is 2.79. The van der Waals surface area contributed by atoms with E-state index in [9.17, 15) is 9.59 Å². The highest BCUT2D eigenvalue weighted by Crippen LogP contribution is 2.24. The van der Waals surface area contributed by atoms with Crippen molar-refractivity contribution in [3.05, 3.63) is 21.7 Å². The van der Waals surface area contributed by atoms with Gasteiger partial charge in [-0.2, -0.15) is 0 Å². The monoisotopic (exact) mass is 250 g/mol. The van der Waals surface area contributed by atoms with Gasteiger partial charge in [0.05, 0.1) is 10.7 Å². The summed E-state index contributed by atoms with van der Waals surface area (Å²) < 4.78 is 0. The number of rotatable bonds is 3. The molecule has 0 bridgehead atoms. The molecule has 0 atom stereocenters. The van der Waals surface area contributed by atoms with Gasteiger partial charge in [-0.25, -0.2) is 4.98 Å². The van der Waals surface area contributed by atoms with Crippen LogP contribution in [0.3, 0.4) is 0 Å². The first kappa shape index (κ1) is 12.0. The van der Waals surface area contributed by atoms with Gasteiger partial charge < -0.3 is 4.90 Å². The van der Waals surface area contributed by atoms with Crippen LogP contribution in [0.25, 0.3) is 6.08 Å². The maximum atomic E-state index is 11.2. The number of thiazole rings is 1. The maximum absolute atomic E-state index is 11.2. The van der Waals surface area contributed by atoms with Crippen molar-refractivity contribution in [2.75, 3.05) is 13.6 Å². The number of allylic oxidation sites excluding steroid dienone is 1. The summed E-state index contributed by atoms with van der Waals surface area (Å²) in [5.41, 5.74) is 0.912. The van der Waals surface area contributed by atoms with Crippen molar-refractivity contribution in [1.82, 2.24) is 9.88 Å². The minimum atomic E-state index is 0.0568. The predicted octanol–water partition coefficient (Wildman–Crippen LogP) is 1.30. The first-order valence-electron chi connectivity index (χ1n) is 5.47. The average molecular weight is 250 g/mol. The van der Waals surface area contributed by atoms with Gasteiger partial charge in [0.15, 0.2) is 5.78 Å². The van der Waals surface area contributed by atoms with E-state index >= 15 is 0 Å². The molecule has 0 N–H and O–H groups in total. The van der Waals surface area contributed by atoms with Crippen LogP contribution in [0.15, 0.2) is 6.08 Å². The van der Waals surface area contributed by atoms with Crippen LogP contribution < -0.4 is 0 Å². The molecular weight excluding hydrogens is 236 g/mol. The lowest BCUT2D eigenvalue weighted by Gasteiger charge is -2.12. The standard InChI is InChI=1S/C12H14N2O2S/c1-8(15)14(2)6-5-12-13-10-4-3-9(16)7-11(10)17-12/h3-4H,5-7H2,1-2H3. The van der Waals surface area contributed by atoms with E-state index in [2.05, 4.69) is 4.98 Å². The minimum Gasteiger partial charge on any atom is -0.346 e. The molecule has 4 nitrogen and oxygen atoms in total. The highest BCUT2D eigenvalue weighted by atomic mass is 32.1. The van der Waals surface area contributed by atoms with E-state index in [1.807, 2.05) is 0 Å². The molecule has 5 heteroatoms. The summed E-state index contributed by atoms with van der Waals surface area (Å²) in [6, 6.07) is 0. The Kier molecular flexibility index (Phi) is 3.38. The van der Waals surface area contributed by atoms with Gasteiger partial charge in [-0.15, -0.1) is 11.3 Å². The van der Waals surface area contributed by atoms with E-state index in [1.54, 1.807) is 42.4 Å². The fourth-order valence-electron chi connectivity index (χ4n) is 1.59. The molecule has 2 rings (SSSR count). The SMILES string of the molecule is CC(=O)N(C)CCc1nc2c(s1)CC(=O)C=C2. The van der Waals surface area contributed by atoms with Crippen molar-refractivity contribution in [3.63, 3.8) is 0 Å². The number of carbonyl (C=O) groups excluding carboxylic acids is 2. The summed E-state index contributed by atoms with van der Waals surface area (Å²) in [5.74, 6) is 0.190. The summed E-state index contributed by atoms with van der Waals surface area (Å²) >= 11 is 1.57. The predicted molar refractivity (Wildman–Crippen MR) is 66.9 cm³/mol. The second kappa shape index (κ2) is 4.79. The number of likely N-dealkylation sites (N-methyl/N-ethyl adjacent to an activating group) is 1. The Labute approximate surface area is 104 Å². The number of aromatic nitrogens is 1. The number of nitrogens with zero attached hydrogens (tertiary/aromatic N) is 2. The third-order valence-electron chi connectivity index (χ3n) is 2.73. The Balaban J connectivity index is 2.02. The summed E-state index contributed by atoms with van der Waals surface area (Å²) in [7, 11) is 1.78. The lowest BCUT2D eigenvalue weighted by atomic mass is 10.1. The molecule has 1 aromatic rings. The van der Waals surface area contributed by atoms with Gasteiger partial charge in [-0.1, -0.05) is 0 Å². The summed E-state index contributed by atoms with van der Waals surface area (Å²) in [6.45, 7) is 2.22. The number of ketones is 1.